The topological polar surface area (TPSA) is 62.7 Å². The molecule has 1 aromatic heterocycles. The van der Waals surface area contributed by atoms with E-state index in [4.69, 9.17) is 16.3 Å². The summed E-state index contributed by atoms with van der Waals surface area (Å²) in [5.41, 5.74) is 0.873. The Kier molecular flexibility index (Phi) is 6.17. The molecule has 1 amide bonds. The monoisotopic (exact) mass is 436 g/mol. The standard InChI is InChI=1S/C21H16ClF3N2O3/c1-30-17-8-15(10-26-11-17)14-4-2-3-13(7-14)12-27(20(28)29)16-5-6-19(22)18(9-16)21(23,24)25/h2-11H,12H2,1H3,(H,28,29). The fraction of sp³-hybridized carbons (Fsp3) is 0.143. The molecule has 0 aliphatic heterocycles. The third-order valence-corrected chi connectivity index (χ3v) is 4.68. The molecule has 0 radical (unpaired) electrons. The number of hydrogen-bond donors (Lipinski definition) is 1. The van der Waals surface area contributed by atoms with E-state index in [1.165, 1.54) is 13.2 Å². The lowest BCUT2D eigenvalue weighted by atomic mass is 10.0. The first-order valence-corrected chi connectivity index (χ1v) is 9.02. The van der Waals surface area contributed by atoms with Crippen LogP contribution < -0.4 is 9.64 Å². The van der Waals surface area contributed by atoms with Crippen molar-refractivity contribution in [3.05, 3.63) is 77.1 Å². The molecule has 1 N–H and O–H groups in total. The van der Waals surface area contributed by atoms with Gasteiger partial charge in [0.1, 0.15) is 5.75 Å². The van der Waals surface area contributed by atoms with Crippen molar-refractivity contribution < 1.29 is 27.8 Å². The molecule has 9 heteroatoms. The molecular formula is C21H16ClF3N2O3. The highest BCUT2D eigenvalue weighted by molar-refractivity contribution is 6.31. The normalized spacial score (nSPS) is 11.2. The van der Waals surface area contributed by atoms with Gasteiger partial charge in [-0.3, -0.25) is 9.88 Å². The number of anilines is 1. The molecule has 0 unspecified atom stereocenters. The number of alkyl halides is 3. The maximum atomic E-state index is 13.2. The SMILES string of the molecule is COc1cncc(-c2cccc(CN(C(=O)O)c3ccc(Cl)c(C(F)(F)F)c3)c2)c1. The van der Waals surface area contributed by atoms with E-state index in [2.05, 4.69) is 4.98 Å². The predicted octanol–water partition coefficient (Wildman–Crippen LogP) is 6.11. The molecule has 0 spiro atoms. The van der Waals surface area contributed by atoms with Gasteiger partial charge in [-0.1, -0.05) is 29.8 Å². The van der Waals surface area contributed by atoms with Crippen LogP contribution >= 0.6 is 11.6 Å². The lowest BCUT2D eigenvalue weighted by Crippen LogP contribution is -2.29. The number of carbonyl (C=O) groups is 1. The summed E-state index contributed by atoms with van der Waals surface area (Å²) in [5.74, 6) is 0.561. The Morgan fingerprint density at radius 3 is 2.57 bits per heavy atom. The van der Waals surface area contributed by atoms with Gasteiger partial charge in [0.25, 0.3) is 0 Å². The second kappa shape index (κ2) is 8.62. The van der Waals surface area contributed by atoms with E-state index in [-0.39, 0.29) is 12.2 Å². The fourth-order valence-electron chi connectivity index (χ4n) is 2.89. The molecule has 0 atom stereocenters. The lowest BCUT2D eigenvalue weighted by Gasteiger charge is -2.21. The van der Waals surface area contributed by atoms with Gasteiger partial charge in [-0.05, 0) is 41.5 Å². The molecular weight excluding hydrogens is 421 g/mol. The number of methoxy groups -OCH3 is 1. The number of hydrogen-bond acceptors (Lipinski definition) is 3. The highest BCUT2D eigenvalue weighted by Gasteiger charge is 2.34. The van der Waals surface area contributed by atoms with Crippen LogP contribution in [0.3, 0.4) is 0 Å². The number of benzene rings is 2. The van der Waals surface area contributed by atoms with Crippen LogP contribution in [0.25, 0.3) is 11.1 Å². The number of amides is 1. The predicted molar refractivity (Wildman–Crippen MR) is 107 cm³/mol. The summed E-state index contributed by atoms with van der Waals surface area (Å²) in [6, 6.07) is 11.8. The largest absolute Gasteiger partial charge is 0.495 e. The van der Waals surface area contributed by atoms with Crippen LogP contribution in [-0.2, 0) is 12.7 Å². The maximum absolute atomic E-state index is 13.2. The second-order valence-electron chi connectivity index (χ2n) is 6.34. The van der Waals surface area contributed by atoms with Crippen molar-refractivity contribution in [3.63, 3.8) is 0 Å². The van der Waals surface area contributed by atoms with Crippen molar-refractivity contribution in [2.75, 3.05) is 12.0 Å². The summed E-state index contributed by atoms with van der Waals surface area (Å²) in [7, 11) is 1.52. The highest BCUT2D eigenvalue weighted by Crippen LogP contribution is 2.37. The van der Waals surface area contributed by atoms with Gasteiger partial charge in [0.2, 0.25) is 0 Å². The van der Waals surface area contributed by atoms with E-state index in [1.807, 2.05) is 6.07 Å². The molecule has 2 aromatic carbocycles. The third-order valence-electron chi connectivity index (χ3n) is 4.35. The van der Waals surface area contributed by atoms with Crippen LogP contribution in [-0.4, -0.2) is 23.3 Å². The first-order valence-electron chi connectivity index (χ1n) is 8.64. The Morgan fingerprint density at radius 1 is 1.13 bits per heavy atom. The van der Waals surface area contributed by atoms with Crippen LogP contribution in [0.2, 0.25) is 5.02 Å². The first kappa shape index (κ1) is 21.4. The van der Waals surface area contributed by atoms with Gasteiger partial charge in [-0.2, -0.15) is 13.2 Å². The van der Waals surface area contributed by atoms with Gasteiger partial charge in [0, 0.05) is 17.4 Å². The van der Waals surface area contributed by atoms with E-state index < -0.39 is 22.9 Å². The third kappa shape index (κ3) is 4.83. The van der Waals surface area contributed by atoms with E-state index in [0.717, 1.165) is 28.2 Å². The zero-order valence-electron chi connectivity index (χ0n) is 15.7. The molecule has 3 rings (SSSR count). The number of aromatic nitrogens is 1. The van der Waals surface area contributed by atoms with Crippen LogP contribution in [0, 0.1) is 0 Å². The van der Waals surface area contributed by atoms with E-state index in [9.17, 15) is 23.1 Å². The summed E-state index contributed by atoms with van der Waals surface area (Å²) in [5, 5.41) is 9.09. The fourth-order valence-corrected chi connectivity index (χ4v) is 3.11. The quantitative estimate of drug-likeness (QED) is 0.523. The minimum Gasteiger partial charge on any atom is -0.495 e. The molecule has 1 heterocycles. The number of ether oxygens (including phenoxy) is 1. The van der Waals surface area contributed by atoms with Gasteiger partial charge in [0.15, 0.2) is 0 Å². The van der Waals surface area contributed by atoms with Gasteiger partial charge < -0.3 is 9.84 Å². The number of nitrogens with zero attached hydrogens (tertiary/aromatic N) is 2. The minimum absolute atomic E-state index is 0.132. The summed E-state index contributed by atoms with van der Waals surface area (Å²) >= 11 is 5.64. The van der Waals surface area contributed by atoms with Crippen LogP contribution in [0.5, 0.6) is 5.75 Å². The van der Waals surface area contributed by atoms with Crippen molar-refractivity contribution in [2.24, 2.45) is 0 Å². The first-order chi connectivity index (χ1) is 14.2. The molecule has 0 fully saturated rings. The molecule has 156 valence electrons. The number of rotatable bonds is 5. The van der Waals surface area contributed by atoms with Crippen molar-refractivity contribution in [2.45, 2.75) is 12.7 Å². The van der Waals surface area contributed by atoms with Gasteiger partial charge >= 0.3 is 12.3 Å². The number of halogens is 4. The molecule has 0 bridgehead atoms. The molecule has 0 aliphatic rings. The molecule has 30 heavy (non-hydrogen) atoms. The smallest absolute Gasteiger partial charge is 0.417 e. The van der Waals surface area contributed by atoms with Crippen molar-refractivity contribution >= 4 is 23.4 Å². The van der Waals surface area contributed by atoms with E-state index in [0.29, 0.717) is 11.3 Å². The van der Waals surface area contributed by atoms with Crippen molar-refractivity contribution in [3.8, 4) is 16.9 Å². The molecule has 0 saturated carbocycles. The zero-order chi connectivity index (χ0) is 21.9. The maximum Gasteiger partial charge on any atom is 0.417 e. The molecule has 0 saturated heterocycles. The zero-order valence-corrected chi connectivity index (χ0v) is 16.4. The van der Waals surface area contributed by atoms with Crippen LogP contribution in [0.15, 0.2) is 60.9 Å². The Bertz CT molecular complexity index is 1070. The van der Waals surface area contributed by atoms with Gasteiger partial charge in [-0.15, -0.1) is 0 Å². The second-order valence-corrected chi connectivity index (χ2v) is 6.75. The average Bonchev–Trinajstić information content (AvgIpc) is 2.72. The summed E-state index contributed by atoms with van der Waals surface area (Å²) < 4.78 is 44.6. The Hall–Kier alpha value is -3.26. The van der Waals surface area contributed by atoms with Crippen molar-refractivity contribution in [1.29, 1.82) is 0 Å². The van der Waals surface area contributed by atoms with Gasteiger partial charge in [-0.25, -0.2) is 4.79 Å². The summed E-state index contributed by atoms with van der Waals surface area (Å²) in [6.45, 7) is -0.153. The molecule has 3 aromatic rings. The highest BCUT2D eigenvalue weighted by atomic mass is 35.5. The molecule has 5 nitrogen and oxygen atoms in total. The van der Waals surface area contributed by atoms with E-state index in [1.54, 1.807) is 36.7 Å². The van der Waals surface area contributed by atoms with Gasteiger partial charge in [0.05, 0.1) is 30.4 Å². The minimum atomic E-state index is -4.70. The average molecular weight is 437 g/mol. The Morgan fingerprint density at radius 2 is 1.90 bits per heavy atom. The van der Waals surface area contributed by atoms with E-state index >= 15 is 0 Å². The lowest BCUT2D eigenvalue weighted by molar-refractivity contribution is -0.137. The Labute approximate surface area is 175 Å². The Balaban J connectivity index is 1.94. The number of pyridine rings is 1. The number of carboxylic acid groups (broad SMARTS) is 1. The summed E-state index contributed by atoms with van der Waals surface area (Å²) in [6.07, 6.45) is -2.90. The van der Waals surface area contributed by atoms with Crippen molar-refractivity contribution in [1.82, 2.24) is 4.98 Å². The van der Waals surface area contributed by atoms with Crippen LogP contribution in [0.1, 0.15) is 11.1 Å². The van der Waals surface area contributed by atoms with Crippen LogP contribution in [0.4, 0.5) is 23.7 Å². The molecule has 0 aliphatic carbocycles. The summed E-state index contributed by atoms with van der Waals surface area (Å²) in [4.78, 5) is 16.7.